The Morgan fingerprint density at radius 1 is 0.294 bits per heavy atom. The van der Waals surface area contributed by atoms with E-state index in [4.69, 9.17) is 37.0 Å². The van der Waals surface area contributed by atoms with Crippen molar-refractivity contribution in [2.24, 2.45) is 0 Å². The minimum Gasteiger partial charge on any atom is -0.462 e. The average Bonchev–Trinajstić information content (AvgIpc) is 0.907. The van der Waals surface area contributed by atoms with Crippen LogP contribution < -0.4 is 0 Å². The number of hydrogen-bond acceptors (Lipinski definition) is 15. The monoisotopic (exact) mass is 1460 g/mol. The summed E-state index contributed by atoms with van der Waals surface area (Å²) < 4.78 is 68.3. The van der Waals surface area contributed by atoms with Crippen molar-refractivity contribution in [3.63, 3.8) is 0 Å². The maximum absolute atomic E-state index is 13.1. The van der Waals surface area contributed by atoms with Gasteiger partial charge in [0.15, 0.2) is 12.2 Å². The molecule has 576 valence electrons. The minimum atomic E-state index is -5.02. The van der Waals surface area contributed by atoms with Crippen molar-refractivity contribution >= 4 is 39.5 Å². The van der Waals surface area contributed by atoms with Crippen LogP contribution in [0.4, 0.5) is 0 Å². The van der Waals surface area contributed by atoms with E-state index in [1.807, 2.05) is 12.2 Å². The Hall–Kier alpha value is -5.84. The molecule has 19 heteroatoms. The predicted octanol–water partition coefficient (Wildman–Crippen LogP) is 22.0. The lowest BCUT2D eigenvalue weighted by Crippen LogP contribution is -2.30. The first-order chi connectivity index (χ1) is 49.7. The Balaban J connectivity index is 5.49. The van der Waals surface area contributed by atoms with Gasteiger partial charge in [-0.2, -0.15) is 0 Å². The third-order valence-electron chi connectivity index (χ3n) is 14.9. The second-order valence-corrected chi connectivity index (χ2v) is 27.4. The molecular formula is C83H132O17P2. The number of ether oxygens (including phenoxy) is 4. The normalized spacial score (nSPS) is 14.9. The summed E-state index contributed by atoms with van der Waals surface area (Å²) in [6, 6.07) is 0. The first kappa shape index (κ1) is 96.2. The molecule has 0 aliphatic rings. The Bertz CT molecular complexity index is 2650. The highest BCUT2D eigenvalue weighted by molar-refractivity contribution is 7.47. The van der Waals surface area contributed by atoms with E-state index < -0.39 is 97.5 Å². The fraction of sp³-hybridized carbons (Fsp3) is 0.590. The summed E-state index contributed by atoms with van der Waals surface area (Å²) in [4.78, 5) is 72.8. The summed E-state index contributed by atoms with van der Waals surface area (Å²) in [5.74, 6) is -2.41. The fourth-order valence-corrected chi connectivity index (χ4v) is 10.8. The number of aliphatic hydroxyl groups is 1. The molecule has 0 aromatic carbocycles. The quantitative estimate of drug-likeness (QED) is 0.0169. The third-order valence-corrected chi connectivity index (χ3v) is 16.8. The molecule has 0 saturated carbocycles. The van der Waals surface area contributed by atoms with Gasteiger partial charge in [0.25, 0.3) is 0 Å². The zero-order chi connectivity index (χ0) is 74.6. The van der Waals surface area contributed by atoms with E-state index in [-0.39, 0.29) is 25.7 Å². The largest absolute Gasteiger partial charge is 0.472 e. The number of allylic oxidation sites excluding steroid dienone is 29. The molecule has 102 heavy (non-hydrogen) atoms. The molecule has 0 radical (unpaired) electrons. The van der Waals surface area contributed by atoms with Crippen molar-refractivity contribution in [3.05, 3.63) is 182 Å². The van der Waals surface area contributed by atoms with Gasteiger partial charge < -0.3 is 33.8 Å². The number of esters is 4. The molecule has 0 aliphatic heterocycles. The Morgan fingerprint density at radius 3 is 0.873 bits per heavy atom. The van der Waals surface area contributed by atoms with E-state index in [0.717, 1.165) is 180 Å². The SMILES string of the molecule is CC/C=C\C/C=C\C/C=C\C/C=C\C/C=C\CC(=O)OC(COC(=O)CCCCCC/C=C\C/C=C\C/C=C\C/C=C\CC)COP(=O)(O)OCC(O)COP(=O)(O)OCC(COC(=O)CCCCCC/C=C\C/C=C\C/C=C\C/C=C\CC)OC(=O)CCCCCCC/C=C\C/C=C\CCC. The fourth-order valence-electron chi connectivity index (χ4n) is 9.20. The Labute approximate surface area is 615 Å². The first-order valence-electron chi connectivity index (χ1n) is 38.0. The lowest BCUT2D eigenvalue weighted by atomic mass is 10.1. The van der Waals surface area contributed by atoms with Gasteiger partial charge in [-0.05, 0) is 154 Å². The molecule has 0 rings (SSSR count). The molecule has 0 amide bonds. The van der Waals surface area contributed by atoms with E-state index >= 15 is 0 Å². The third kappa shape index (κ3) is 72.5. The van der Waals surface area contributed by atoms with Gasteiger partial charge in [-0.25, -0.2) is 9.13 Å². The molecule has 17 nitrogen and oxygen atoms in total. The van der Waals surface area contributed by atoms with Gasteiger partial charge in [0.1, 0.15) is 19.3 Å². The van der Waals surface area contributed by atoms with Crippen molar-refractivity contribution in [2.45, 2.75) is 277 Å². The average molecular weight is 1460 g/mol. The maximum Gasteiger partial charge on any atom is 0.472 e. The molecule has 0 heterocycles. The second-order valence-electron chi connectivity index (χ2n) is 24.5. The van der Waals surface area contributed by atoms with Crippen LogP contribution in [0.3, 0.4) is 0 Å². The van der Waals surface area contributed by atoms with Gasteiger partial charge in [-0.3, -0.25) is 37.3 Å². The van der Waals surface area contributed by atoms with Crippen LogP contribution in [0.15, 0.2) is 182 Å². The van der Waals surface area contributed by atoms with E-state index in [1.165, 1.54) is 0 Å². The van der Waals surface area contributed by atoms with Gasteiger partial charge in [-0.1, -0.05) is 261 Å². The highest BCUT2D eigenvalue weighted by Gasteiger charge is 2.30. The first-order valence-corrected chi connectivity index (χ1v) is 41.0. The molecule has 5 atom stereocenters. The minimum absolute atomic E-state index is 0.0631. The molecule has 0 bridgehead atoms. The number of rotatable bonds is 69. The van der Waals surface area contributed by atoms with Crippen LogP contribution in [0.25, 0.3) is 0 Å². The summed E-state index contributed by atoms with van der Waals surface area (Å²) in [6.45, 7) is 4.24. The number of phosphoric ester groups is 2. The molecule has 0 spiro atoms. The smallest absolute Gasteiger partial charge is 0.462 e. The molecule has 5 unspecified atom stereocenters. The van der Waals surface area contributed by atoms with Crippen LogP contribution in [-0.2, 0) is 65.4 Å². The highest BCUT2D eigenvalue weighted by Crippen LogP contribution is 2.45. The summed E-state index contributed by atoms with van der Waals surface area (Å²) in [7, 11) is -10.0. The standard InChI is InChI=1S/C83H132O17P2/c1-5-9-13-17-21-25-29-33-36-38-41-44-47-51-55-59-63-67-80(85)93-73-78(99-82(87)69-65-61-57-53-49-43-32-28-24-20-16-12-8-4)75-97-101(89,90)95-71-77(84)72-96-102(91,92)98-76-79(100-83(88)70-66-62-58-54-50-46-40-35-31-27-23-19-15-11-7-3)74-94-81(86)68-64-60-56-52-48-45-42-39-37-34-30-26-22-18-14-10-6-2/h9-11,13-16,20-23,25-28,32-37,40-42,44-45,50,54,62,66,77-79,84H,5-8,12,17-19,24,29-31,38-39,43,46-49,51-53,55-61,63-65,67-76H2,1-4H3,(H,89,90)(H,91,92)/b13-9-,14-10-,15-11-,20-16-,25-21-,26-22-,27-23-,32-28-,36-33-,37-34-,40-35-,44-41-,45-42-,54-50-,66-62-. The van der Waals surface area contributed by atoms with Gasteiger partial charge in [-0.15, -0.1) is 0 Å². The number of unbranched alkanes of at least 4 members (excludes halogenated alkanes) is 14. The molecule has 3 N–H and O–H groups in total. The van der Waals surface area contributed by atoms with Gasteiger partial charge >= 0.3 is 39.5 Å². The lowest BCUT2D eigenvalue weighted by molar-refractivity contribution is -0.161. The van der Waals surface area contributed by atoms with E-state index in [1.54, 1.807) is 12.2 Å². The van der Waals surface area contributed by atoms with Crippen molar-refractivity contribution in [3.8, 4) is 0 Å². The summed E-state index contributed by atoms with van der Waals surface area (Å²) in [5.41, 5.74) is 0. The van der Waals surface area contributed by atoms with Crippen molar-refractivity contribution < 1.29 is 80.2 Å². The van der Waals surface area contributed by atoms with Crippen LogP contribution >= 0.6 is 15.6 Å². The van der Waals surface area contributed by atoms with Crippen molar-refractivity contribution in [1.82, 2.24) is 0 Å². The number of hydrogen-bond donors (Lipinski definition) is 3. The van der Waals surface area contributed by atoms with E-state index in [9.17, 15) is 43.2 Å². The molecule has 0 aromatic heterocycles. The number of aliphatic hydroxyl groups excluding tert-OH is 1. The lowest BCUT2D eigenvalue weighted by Gasteiger charge is -2.21. The summed E-state index contributed by atoms with van der Waals surface area (Å²) in [5, 5.41) is 10.6. The topological polar surface area (TPSA) is 237 Å². The Kier molecular flexibility index (Phi) is 69.3. The van der Waals surface area contributed by atoms with Crippen molar-refractivity contribution in [2.75, 3.05) is 39.6 Å². The zero-order valence-corrected chi connectivity index (χ0v) is 64.5. The van der Waals surface area contributed by atoms with Crippen LogP contribution in [0.1, 0.15) is 259 Å². The predicted molar refractivity (Wildman–Crippen MR) is 417 cm³/mol. The van der Waals surface area contributed by atoms with Crippen LogP contribution in [0.5, 0.6) is 0 Å². The second kappa shape index (κ2) is 73.5. The van der Waals surface area contributed by atoms with Crippen molar-refractivity contribution in [1.29, 1.82) is 0 Å². The molecule has 0 saturated heterocycles. The Morgan fingerprint density at radius 2 is 0.549 bits per heavy atom. The molecule has 0 fully saturated rings. The molecule has 0 aliphatic carbocycles. The maximum atomic E-state index is 13.1. The summed E-state index contributed by atoms with van der Waals surface area (Å²) >= 11 is 0. The number of phosphoric acid groups is 2. The molecular weight excluding hydrogens is 1330 g/mol. The van der Waals surface area contributed by atoms with Crippen LogP contribution in [0.2, 0.25) is 0 Å². The highest BCUT2D eigenvalue weighted by atomic mass is 31.2. The number of carbonyl (C=O) groups excluding carboxylic acids is 4. The van der Waals surface area contributed by atoms with Gasteiger partial charge in [0.05, 0.1) is 32.8 Å². The van der Waals surface area contributed by atoms with Gasteiger partial charge in [0.2, 0.25) is 0 Å². The van der Waals surface area contributed by atoms with E-state index in [2.05, 4.69) is 186 Å². The summed E-state index contributed by atoms with van der Waals surface area (Å²) in [6.07, 6.45) is 87.7. The molecule has 0 aromatic rings. The number of carbonyl (C=O) groups is 4. The van der Waals surface area contributed by atoms with Crippen LogP contribution in [-0.4, -0.2) is 96.7 Å². The zero-order valence-electron chi connectivity index (χ0n) is 62.7. The van der Waals surface area contributed by atoms with E-state index in [0.29, 0.717) is 25.7 Å². The van der Waals surface area contributed by atoms with Gasteiger partial charge in [0, 0.05) is 19.3 Å². The van der Waals surface area contributed by atoms with Crippen LogP contribution in [0, 0.1) is 0 Å².